The van der Waals surface area contributed by atoms with Gasteiger partial charge in [0.1, 0.15) is 11.8 Å². The first-order valence-electron chi connectivity index (χ1n) is 8.15. The van der Waals surface area contributed by atoms with Crippen LogP contribution in [-0.2, 0) is 16.1 Å². The summed E-state index contributed by atoms with van der Waals surface area (Å²) >= 11 is 0. The van der Waals surface area contributed by atoms with Crippen LogP contribution < -0.4 is 4.74 Å². The van der Waals surface area contributed by atoms with Crippen LogP contribution in [0, 0.1) is 0 Å². The molecule has 5 heteroatoms. The van der Waals surface area contributed by atoms with E-state index >= 15 is 0 Å². The number of amides is 1. The molecule has 5 nitrogen and oxygen atoms in total. The van der Waals surface area contributed by atoms with Crippen molar-refractivity contribution in [2.24, 2.45) is 0 Å². The maximum absolute atomic E-state index is 13.0. The van der Waals surface area contributed by atoms with Gasteiger partial charge >= 0.3 is 5.97 Å². The molecule has 0 saturated heterocycles. The van der Waals surface area contributed by atoms with E-state index in [1.807, 2.05) is 48.5 Å². The van der Waals surface area contributed by atoms with Gasteiger partial charge in [0.15, 0.2) is 0 Å². The topological polar surface area (TPSA) is 66.8 Å². The molecule has 0 fully saturated rings. The Morgan fingerprint density at radius 2 is 1.76 bits per heavy atom. The molecule has 0 heterocycles. The Hall–Kier alpha value is -2.82. The molecule has 0 aliphatic heterocycles. The maximum atomic E-state index is 13.0. The first kappa shape index (κ1) is 18.5. The highest BCUT2D eigenvalue weighted by Gasteiger charge is 2.29. The zero-order valence-electron chi connectivity index (χ0n) is 14.7. The summed E-state index contributed by atoms with van der Waals surface area (Å²) in [6, 6.07) is 15.7. The fourth-order valence-electron chi connectivity index (χ4n) is 2.62. The Labute approximate surface area is 147 Å². The van der Waals surface area contributed by atoms with E-state index in [2.05, 4.69) is 0 Å². The Morgan fingerprint density at radius 3 is 2.36 bits per heavy atom. The van der Waals surface area contributed by atoms with Crippen molar-refractivity contribution in [3.8, 4) is 5.75 Å². The monoisotopic (exact) mass is 341 g/mol. The van der Waals surface area contributed by atoms with Gasteiger partial charge in [-0.2, -0.15) is 0 Å². The number of ether oxygens (including phenoxy) is 1. The third-order valence-electron chi connectivity index (χ3n) is 4.27. The molecule has 0 aliphatic carbocycles. The minimum atomic E-state index is -1.03. The van der Waals surface area contributed by atoms with Gasteiger partial charge in [-0.25, -0.2) is 4.79 Å². The summed E-state index contributed by atoms with van der Waals surface area (Å²) in [6.45, 7) is 3.56. The van der Waals surface area contributed by atoms with Crippen LogP contribution >= 0.6 is 0 Å². The van der Waals surface area contributed by atoms with E-state index in [1.165, 1.54) is 11.8 Å². The van der Waals surface area contributed by atoms with Crippen molar-refractivity contribution in [1.29, 1.82) is 0 Å². The van der Waals surface area contributed by atoms with Gasteiger partial charge in [0, 0.05) is 6.54 Å². The highest BCUT2D eigenvalue weighted by atomic mass is 16.5. The molecule has 132 valence electrons. The molecule has 0 saturated carbocycles. The second kappa shape index (κ2) is 8.33. The van der Waals surface area contributed by atoms with Gasteiger partial charge in [0.25, 0.3) is 0 Å². The Balaban J connectivity index is 2.28. The lowest BCUT2D eigenvalue weighted by molar-refractivity contribution is -0.150. The molecule has 0 aliphatic rings. The highest BCUT2D eigenvalue weighted by Crippen LogP contribution is 2.24. The summed E-state index contributed by atoms with van der Waals surface area (Å²) in [5.41, 5.74) is 1.68. The zero-order chi connectivity index (χ0) is 18.4. The summed E-state index contributed by atoms with van der Waals surface area (Å²) in [7, 11) is 1.57. The van der Waals surface area contributed by atoms with Crippen LogP contribution in [0.15, 0.2) is 54.6 Å². The number of methoxy groups -OCH3 is 1. The molecule has 25 heavy (non-hydrogen) atoms. The molecular formula is C20H23NO4. The van der Waals surface area contributed by atoms with Gasteiger partial charge in [-0.15, -0.1) is 0 Å². The summed E-state index contributed by atoms with van der Waals surface area (Å²) in [4.78, 5) is 25.9. The Bertz CT molecular complexity index is 729. The van der Waals surface area contributed by atoms with Gasteiger partial charge in [-0.05, 0) is 37.1 Å². The largest absolute Gasteiger partial charge is 0.497 e. The molecule has 1 amide bonds. The minimum Gasteiger partial charge on any atom is -0.497 e. The van der Waals surface area contributed by atoms with Crippen LogP contribution in [-0.4, -0.2) is 35.0 Å². The van der Waals surface area contributed by atoms with E-state index in [4.69, 9.17) is 4.74 Å². The minimum absolute atomic E-state index is 0.230. The van der Waals surface area contributed by atoms with Crippen molar-refractivity contribution in [3.63, 3.8) is 0 Å². The molecule has 2 aromatic carbocycles. The average Bonchev–Trinajstić information content (AvgIpc) is 2.65. The van der Waals surface area contributed by atoms with Crippen LogP contribution in [0.25, 0.3) is 0 Å². The molecule has 1 N–H and O–H groups in total. The van der Waals surface area contributed by atoms with Crippen molar-refractivity contribution in [3.05, 3.63) is 65.7 Å². The van der Waals surface area contributed by atoms with Crippen LogP contribution in [0.2, 0.25) is 0 Å². The molecule has 0 spiro atoms. The third-order valence-corrected chi connectivity index (χ3v) is 4.27. The fourth-order valence-corrected chi connectivity index (χ4v) is 2.62. The van der Waals surface area contributed by atoms with Crippen molar-refractivity contribution >= 4 is 11.9 Å². The number of nitrogens with zero attached hydrogens (tertiary/aromatic N) is 1. The molecule has 0 radical (unpaired) electrons. The van der Waals surface area contributed by atoms with Crippen LogP contribution in [0.1, 0.15) is 30.9 Å². The molecule has 2 unspecified atom stereocenters. The number of benzene rings is 2. The van der Waals surface area contributed by atoms with E-state index in [9.17, 15) is 14.7 Å². The molecule has 2 aromatic rings. The van der Waals surface area contributed by atoms with E-state index in [0.717, 1.165) is 11.1 Å². The normalized spacial score (nSPS) is 12.9. The van der Waals surface area contributed by atoms with Crippen LogP contribution in [0.4, 0.5) is 0 Å². The lowest BCUT2D eigenvalue weighted by atomic mass is 9.98. The highest BCUT2D eigenvalue weighted by molar-refractivity contribution is 5.87. The van der Waals surface area contributed by atoms with E-state index < -0.39 is 17.9 Å². The molecule has 2 atom stereocenters. The lowest BCUT2D eigenvalue weighted by Gasteiger charge is -2.29. The summed E-state index contributed by atoms with van der Waals surface area (Å²) in [5.74, 6) is -1.06. The smallest absolute Gasteiger partial charge is 0.326 e. The average molecular weight is 341 g/mol. The summed E-state index contributed by atoms with van der Waals surface area (Å²) in [6.07, 6.45) is 0. The molecular weight excluding hydrogens is 318 g/mol. The van der Waals surface area contributed by atoms with Crippen molar-refractivity contribution in [2.75, 3.05) is 7.11 Å². The SMILES string of the molecule is COc1cccc(C(C)C(=O)N(Cc2ccccc2)C(C)C(=O)O)c1. The second-order valence-electron chi connectivity index (χ2n) is 5.96. The van der Waals surface area contributed by atoms with Crippen molar-refractivity contribution in [2.45, 2.75) is 32.4 Å². The van der Waals surface area contributed by atoms with E-state index in [0.29, 0.717) is 5.75 Å². The predicted molar refractivity (Wildman–Crippen MR) is 95.5 cm³/mol. The molecule has 2 rings (SSSR count). The molecule has 0 bridgehead atoms. The number of carbonyl (C=O) groups is 2. The summed E-state index contributed by atoms with van der Waals surface area (Å²) < 4.78 is 5.21. The van der Waals surface area contributed by atoms with Crippen LogP contribution in [0.3, 0.4) is 0 Å². The standard InChI is InChI=1S/C20H23NO4/c1-14(17-10-7-11-18(12-17)25-3)19(22)21(15(2)20(23)24)13-16-8-5-4-6-9-16/h4-12,14-15H,13H2,1-3H3,(H,23,24). The van der Waals surface area contributed by atoms with E-state index in [1.54, 1.807) is 20.1 Å². The number of aliphatic carboxylic acids is 1. The van der Waals surface area contributed by atoms with Gasteiger partial charge < -0.3 is 14.7 Å². The van der Waals surface area contributed by atoms with Crippen molar-refractivity contribution in [1.82, 2.24) is 4.90 Å². The van der Waals surface area contributed by atoms with Gasteiger partial charge in [0.05, 0.1) is 13.0 Å². The first-order valence-corrected chi connectivity index (χ1v) is 8.15. The number of carboxylic acids is 1. The maximum Gasteiger partial charge on any atom is 0.326 e. The predicted octanol–water partition coefficient (Wildman–Crippen LogP) is 3.30. The van der Waals surface area contributed by atoms with Crippen LogP contribution in [0.5, 0.6) is 5.75 Å². The first-order chi connectivity index (χ1) is 11.9. The Kier molecular flexibility index (Phi) is 6.17. The van der Waals surface area contributed by atoms with Gasteiger partial charge in [-0.1, -0.05) is 42.5 Å². The number of hydrogen-bond donors (Lipinski definition) is 1. The zero-order valence-corrected chi connectivity index (χ0v) is 14.7. The third kappa shape index (κ3) is 4.59. The van der Waals surface area contributed by atoms with Gasteiger partial charge in [0.2, 0.25) is 5.91 Å². The number of carbonyl (C=O) groups excluding carboxylic acids is 1. The fraction of sp³-hybridized carbons (Fsp3) is 0.300. The molecule has 0 aromatic heterocycles. The Morgan fingerprint density at radius 1 is 1.08 bits per heavy atom. The number of carboxylic acid groups (broad SMARTS) is 1. The lowest BCUT2D eigenvalue weighted by Crippen LogP contribution is -2.44. The quantitative estimate of drug-likeness (QED) is 0.839. The number of hydrogen-bond acceptors (Lipinski definition) is 3. The van der Waals surface area contributed by atoms with Gasteiger partial charge in [-0.3, -0.25) is 4.79 Å². The van der Waals surface area contributed by atoms with Crippen molar-refractivity contribution < 1.29 is 19.4 Å². The summed E-state index contributed by atoms with van der Waals surface area (Å²) in [5, 5.41) is 9.40. The number of rotatable bonds is 7. The second-order valence-corrected chi connectivity index (χ2v) is 5.96. The van der Waals surface area contributed by atoms with E-state index in [-0.39, 0.29) is 12.5 Å².